The Bertz CT molecular complexity index is 2120. The van der Waals surface area contributed by atoms with Crippen LogP contribution >= 0.6 is 22.7 Å². The van der Waals surface area contributed by atoms with Gasteiger partial charge in [0.1, 0.15) is 35.4 Å². The second kappa shape index (κ2) is 13.9. The molecule has 2 aromatic carbocycles. The monoisotopic (exact) mass is 683 g/mol. The summed E-state index contributed by atoms with van der Waals surface area (Å²) >= 11 is 2.94. The molecule has 0 aliphatic carbocycles. The van der Waals surface area contributed by atoms with Crippen LogP contribution in [0.25, 0.3) is 56.5 Å². The van der Waals surface area contributed by atoms with Gasteiger partial charge in [0.15, 0.2) is 10.3 Å². The van der Waals surface area contributed by atoms with E-state index in [4.69, 9.17) is 19.4 Å². The lowest BCUT2D eigenvalue weighted by Gasteiger charge is -2.26. The summed E-state index contributed by atoms with van der Waals surface area (Å²) in [6.45, 7) is 8.22. The quantitative estimate of drug-likeness (QED) is 0.172. The number of thiazole rings is 2. The van der Waals surface area contributed by atoms with Gasteiger partial charge < -0.3 is 23.8 Å². The first-order chi connectivity index (χ1) is 24.0. The van der Waals surface area contributed by atoms with Crippen LogP contribution < -0.4 is 9.80 Å². The highest BCUT2D eigenvalue weighted by molar-refractivity contribution is 7.17. The normalized spacial score (nSPS) is 14.6. The summed E-state index contributed by atoms with van der Waals surface area (Å²) in [4.78, 5) is 15.9. The fourth-order valence-corrected chi connectivity index (χ4v) is 8.37. The number of hydrogen-bond acceptors (Lipinski definition) is 12. The first-order valence-corrected chi connectivity index (χ1v) is 17.5. The van der Waals surface area contributed by atoms with Gasteiger partial charge in [-0.2, -0.15) is 21.0 Å². The van der Waals surface area contributed by atoms with E-state index in [2.05, 4.69) is 45.6 Å². The predicted molar refractivity (Wildman–Crippen MR) is 192 cm³/mol. The average molecular weight is 684 g/mol. The van der Waals surface area contributed by atoms with Crippen molar-refractivity contribution < 1.29 is 9.47 Å². The van der Waals surface area contributed by atoms with Crippen molar-refractivity contribution in [1.82, 2.24) is 14.5 Å². The smallest absolute Gasteiger partial charge is 0.186 e. The molecular formula is C36H29N9O2S2. The molecule has 0 unspecified atom stereocenters. The van der Waals surface area contributed by atoms with Gasteiger partial charge in [0.2, 0.25) is 0 Å². The maximum atomic E-state index is 9.55. The van der Waals surface area contributed by atoms with E-state index in [0.717, 1.165) is 85.7 Å². The Morgan fingerprint density at radius 1 is 0.694 bits per heavy atom. The number of benzene rings is 2. The molecule has 49 heavy (non-hydrogen) atoms. The first-order valence-electron chi connectivity index (χ1n) is 15.8. The second-order valence-corrected chi connectivity index (χ2v) is 13.4. The van der Waals surface area contributed by atoms with Gasteiger partial charge in [-0.05, 0) is 43.3 Å². The summed E-state index contributed by atoms with van der Waals surface area (Å²) < 4.78 is 13.4. The molecule has 0 atom stereocenters. The van der Waals surface area contributed by atoms with Crippen molar-refractivity contribution in [3.63, 3.8) is 0 Å². The van der Waals surface area contributed by atoms with Crippen LogP contribution in [0, 0.1) is 45.3 Å². The van der Waals surface area contributed by atoms with Gasteiger partial charge in [0, 0.05) is 65.7 Å². The van der Waals surface area contributed by atoms with Crippen LogP contribution in [0.2, 0.25) is 0 Å². The first kappa shape index (κ1) is 32.0. The Hall–Kier alpha value is -5.54. The van der Waals surface area contributed by atoms with Crippen LogP contribution in [0.3, 0.4) is 0 Å². The van der Waals surface area contributed by atoms with E-state index in [1.54, 1.807) is 12.2 Å². The minimum Gasteiger partial charge on any atom is -0.378 e. The van der Waals surface area contributed by atoms with Crippen LogP contribution in [0.5, 0.6) is 0 Å². The van der Waals surface area contributed by atoms with Crippen LogP contribution in [-0.4, -0.2) is 67.1 Å². The van der Waals surface area contributed by atoms with Crippen molar-refractivity contribution in [1.29, 1.82) is 21.0 Å². The van der Waals surface area contributed by atoms with Gasteiger partial charge >= 0.3 is 0 Å². The molecule has 5 heterocycles. The molecular weight excluding hydrogens is 655 g/mol. The van der Waals surface area contributed by atoms with Gasteiger partial charge in [0.25, 0.3) is 0 Å². The van der Waals surface area contributed by atoms with E-state index in [-0.39, 0.29) is 11.1 Å². The fourth-order valence-electron chi connectivity index (χ4n) is 6.21. The Labute approximate surface area is 291 Å². The van der Waals surface area contributed by atoms with E-state index in [1.165, 1.54) is 22.7 Å². The molecule has 2 aliphatic heterocycles. The van der Waals surface area contributed by atoms with Crippen LogP contribution in [0.4, 0.5) is 10.3 Å². The van der Waals surface area contributed by atoms with E-state index in [0.29, 0.717) is 37.8 Å². The highest BCUT2D eigenvalue weighted by atomic mass is 32.1. The molecule has 0 spiro atoms. The summed E-state index contributed by atoms with van der Waals surface area (Å²) in [7, 11) is 0. The summed E-state index contributed by atoms with van der Waals surface area (Å²) in [5.74, 6) is 0. The molecule has 11 nitrogen and oxygen atoms in total. The lowest BCUT2D eigenvalue weighted by atomic mass is 10.0. The summed E-state index contributed by atoms with van der Waals surface area (Å²) in [5, 5.41) is 41.9. The van der Waals surface area contributed by atoms with Crippen molar-refractivity contribution in [2.24, 2.45) is 0 Å². The zero-order valence-electron chi connectivity index (χ0n) is 26.6. The lowest BCUT2D eigenvalue weighted by molar-refractivity contribution is 0.122. The van der Waals surface area contributed by atoms with Gasteiger partial charge in [0.05, 0.1) is 47.6 Å². The van der Waals surface area contributed by atoms with Crippen molar-refractivity contribution in [3.8, 4) is 46.8 Å². The van der Waals surface area contributed by atoms with Gasteiger partial charge in [-0.1, -0.05) is 34.8 Å². The standard InChI is InChI=1S/C36H29N9O2S2/c1-2-45-29-5-3-25(33-31(15-23(19-37)20-38)48-35(41-33)43-7-11-46-12-8-43)17-27(29)28-18-26(4-6-30(28)45)34-32(16-24(21-39)22-40)49-36(42-34)44-9-13-47-14-10-44/h3-6,15-18H,2,7-14H2,1H3. The predicted octanol–water partition coefficient (Wildman–Crippen LogP) is 6.60. The van der Waals surface area contributed by atoms with E-state index in [1.807, 2.05) is 36.4 Å². The van der Waals surface area contributed by atoms with Crippen molar-refractivity contribution in [3.05, 3.63) is 57.3 Å². The van der Waals surface area contributed by atoms with Crippen LogP contribution in [-0.2, 0) is 16.0 Å². The molecule has 0 saturated carbocycles. The third-order valence-electron chi connectivity index (χ3n) is 8.61. The number of fused-ring (bicyclic) bond motifs is 3. The van der Waals surface area contributed by atoms with Crippen molar-refractivity contribution in [2.45, 2.75) is 13.5 Å². The highest BCUT2D eigenvalue weighted by Crippen LogP contribution is 2.41. The molecule has 0 radical (unpaired) electrons. The van der Waals surface area contributed by atoms with Crippen molar-refractivity contribution in [2.75, 3.05) is 62.4 Å². The number of nitrogens with zero attached hydrogens (tertiary/aromatic N) is 9. The zero-order valence-corrected chi connectivity index (χ0v) is 28.3. The molecule has 0 amide bonds. The summed E-state index contributed by atoms with van der Waals surface area (Å²) in [6.07, 6.45) is 3.24. The Kier molecular flexibility index (Phi) is 9.09. The lowest BCUT2D eigenvalue weighted by Crippen LogP contribution is -2.36. The number of aromatic nitrogens is 3. The minimum atomic E-state index is 0.0206. The Balaban J connectivity index is 1.39. The summed E-state index contributed by atoms with van der Waals surface area (Å²) in [5.41, 5.74) is 5.37. The number of rotatable bonds is 7. The SMILES string of the molecule is CCn1c2ccc(-c3nc(N4CCOCC4)sc3C=C(C#N)C#N)cc2c2cc(-c3nc(N4CCOCC4)sc3C=C(C#N)C#N)ccc21. The number of nitriles is 4. The molecule has 13 heteroatoms. The Morgan fingerprint density at radius 3 is 1.47 bits per heavy atom. The molecule has 0 bridgehead atoms. The number of ether oxygens (including phenoxy) is 2. The maximum absolute atomic E-state index is 9.55. The van der Waals surface area contributed by atoms with E-state index >= 15 is 0 Å². The third kappa shape index (κ3) is 6.13. The van der Waals surface area contributed by atoms with Crippen LogP contribution in [0.15, 0.2) is 47.5 Å². The molecule has 0 N–H and O–H groups in total. The molecule has 2 aliphatic rings. The van der Waals surface area contributed by atoms with Crippen molar-refractivity contribution >= 4 is 66.9 Å². The molecule has 5 aromatic rings. The van der Waals surface area contributed by atoms with E-state index in [9.17, 15) is 21.0 Å². The van der Waals surface area contributed by atoms with Gasteiger partial charge in [-0.15, -0.1) is 0 Å². The number of morpholine rings is 2. The largest absolute Gasteiger partial charge is 0.378 e. The second-order valence-electron chi connectivity index (χ2n) is 11.4. The summed E-state index contributed by atoms with van der Waals surface area (Å²) in [6, 6.07) is 20.5. The molecule has 7 rings (SSSR count). The molecule has 2 saturated heterocycles. The number of aryl methyl sites for hydroxylation is 1. The molecule has 242 valence electrons. The number of anilines is 2. The maximum Gasteiger partial charge on any atom is 0.186 e. The Morgan fingerprint density at radius 2 is 1.10 bits per heavy atom. The third-order valence-corrected chi connectivity index (χ3v) is 10.7. The zero-order chi connectivity index (χ0) is 33.9. The molecule has 2 fully saturated rings. The highest BCUT2D eigenvalue weighted by Gasteiger charge is 2.23. The average Bonchev–Trinajstić information content (AvgIpc) is 3.87. The van der Waals surface area contributed by atoms with Crippen LogP contribution in [0.1, 0.15) is 16.7 Å². The van der Waals surface area contributed by atoms with E-state index < -0.39 is 0 Å². The minimum absolute atomic E-state index is 0.0206. The topological polar surface area (TPSA) is 151 Å². The van der Waals surface area contributed by atoms with Gasteiger partial charge in [-0.25, -0.2) is 9.97 Å². The number of hydrogen-bond donors (Lipinski definition) is 0. The van der Waals surface area contributed by atoms with Gasteiger partial charge in [-0.3, -0.25) is 0 Å². The number of allylic oxidation sites excluding steroid dienone is 2. The molecule has 3 aromatic heterocycles. The fraction of sp³-hybridized carbons (Fsp3) is 0.278.